The van der Waals surface area contributed by atoms with Gasteiger partial charge in [0.1, 0.15) is 11.9 Å². The number of nitrogens with one attached hydrogen (secondary N) is 1. The minimum atomic E-state index is -0.638. The Bertz CT molecular complexity index is 489. The zero-order valence-corrected chi connectivity index (χ0v) is 13.0. The summed E-state index contributed by atoms with van der Waals surface area (Å²) < 4.78 is 18.3. The number of hydrogen-bond donors (Lipinski definition) is 1. The summed E-state index contributed by atoms with van der Waals surface area (Å²) in [6.07, 6.45) is 5.62. The normalized spacial score (nSPS) is 17.5. The van der Waals surface area contributed by atoms with Gasteiger partial charge >= 0.3 is 5.97 Å². The van der Waals surface area contributed by atoms with Crippen molar-refractivity contribution in [3.63, 3.8) is 0 Å². The molecule has 5 heteroatoms. The van der Waals surface area contributed by atoms with Crippen LogP contribution in [0.1, 0.15) is 50.6 Å². The largest absolute Gasteiger partial charge is 0.465 e. The van der Waals surface area contributed by atoms with Crippen LogP contribution < -0.4 is 5.32 Å². The number of benzene rings is 1. The number of hydrogen-bond acceptors (Lipinski definition) is 3. The number of rotatable bonds is 5. The smallest absolute Gasteiger partial charge is 0.327 e. The Kier molecular flexibility index (Phi) is 6.00. The molecule has 0 radical (unpaired) electrons. The van der Waals surface area contributed by atoms with Crippen LogP contribution in [0.25, 0.3) is 0 Å². The number of ether oxygens (including phenoxy) is 1. The first kappa shape index (κ1) is 16.2. The average molecular weight is 314 g/mol. The van der Waals surface area contributed by atoms with E-state index in [0.29, 0.717) is 12.2 Å². The summed E-state index contributed by atoms with van der Waals surface area (Å²) >= 11 is 6.10. The third-order valence-corrected chi connectivity index (χ3v) is 4.13. The van der Waals surface area contributed by atoms with Crippen molar-refractivity contribution in [3.8, 4) is 0 Å². The first-order valence-corrected chi connectivity index (χ1v) is 7.87. The zero-order chi connectivity index (χ0) is 15.2. The monoisotopic (exact) mass is 313 g/mol. The third kappa shape index (κ3) is 4.42. The van der Waals surface area contributed by atoms with Gasteiger partial charge in [0.05, 0.1) is 6.61 Å². The van der Waals surface area contributed by atoms with Gasteiger partial charge in [-0.1, -0.05) is 36.9 Å². The molecule has 0 aliphatic heterocycles. The van der Waals surface area contributed by atoms with Crippen LogP contribution in [-0.4, -0.2) is 18.6 Å². The van der Waals surface area contributed by atoms with Gasteiger partial charge in [0, 0.05) is 11.1 Å². The van der Waals surface area contributed by atoms with E-state index < -0.39 is 11.9 Å². The maximum absolute atomic E-state index is 13.2. The maximum atomic E-state index is 13.2. The molecule has 1 aliphatic carbocycles. The Hall–Kier alpha value is -1.13. The van der Waals surface area contributed by atoms with Crippen LogP contribution in [-0.2, 0) is 9.53 Å². The Labute approximate surface area is 129 Å². The van der Waals surface area contributed by atoms with Crippen LogP contribution in [0, 0.1) is 5.82 Å². The highest BCUT2D eigenvalue weighted by Gasteiger charge is 2.27. The molecule has 1 unspecified atom stereocenters. The van der Waals surface area contributed by atoms with Crippen molar-refractivity contribution in [3.05, 3.63) is 34.6 Å². The average Bonchev–Trinajstić information content (AvgIpc) is 2.47. The van der Waals surface area contributed by atoms with Crippen LogP contribution >= 0.6 is 11.6 Å². The van der Waals surface area contributed by atoms with Gasteiger partial charge in [0.25, 0.3) is 0 Å². The molecule has 3 nitrogen and oxygen atoms in total. The molecule has 1 fully saturated rings. The lowest BCUT2D eigenvalue weighted by atomic mass is 9.94. The van der Waals surface area contributed by atoms with E-state index in [1.54, 1.807) is 13.0 Å². The van der Waals surface area contributed by atoms with E-state index >= 15 is 0 Å². The molecule has 1 atom stereocenters. The fourth-order valence-corrected chi connectivity index (χ4v) is 3.03. The van der Waals surface area contributed by atoms with E-state index in [2.05, 4.69) is 5.32 Å². The summed E-state index contributed by atoms with van der Waals surface area (Å²) in [5.74, 6) is -0.777. The van der Waals surface area contributed by atoms with Crippen LogP contribution in [0.2, 0.25) is 5.02 Å². The topological polar surface area (TPSA) is 38.3 Å². The Balaban J connectivity index is 2.19. The van der Waals surface area contributed by atoms with Gasteiger partial charge in [-0.25, -0.2) is 9.18 Å². The molecule has 1 N–H and O–H groups in total. The molecule has 1 aromatic carbocycles. The maximum Gasteiger partial charge on any atom is 0.327 e. The second-order valence-electron chi connectivity index (χ2n) is 5.35. The molecule has 21 heavy (non-hydrogen) atoms. The molecular formula is C16H21ClFNO2. The summed E-state index contributed by atoms with van der Waals surface area (Å²) in [5.41, 5.74) is 0.571. The second-order valence-corrected chi connectivity index (χ2v) is 5.76. The molecule has 2 rings (SSSR count). The van der Waals surface area contributed by atoms with Crippen LogP contribution in [0.15, 0.2) is 18.2 Å². The van der Waals surface area contributed by atoms with E-state index in [-0.39, 0.29) is 17.0 Å². The lowest BCUT2D eigenvalue weighted by molar-refractivity contribution is -0.146. The van der Waals surface area contributed by atoms with Gasteiger partial charge in [-0.05, 0) is 37.5 Å². The number of esters is 1. The molecule has 0 aromatic heterocycles. The molecular weight excluding hydrogens is 293 g/mol. The van der Waals surface area contributed by atoms with Gasteiger partial charge in [0.15, 0.2) is 0 Å². The molecule has 0 saturated heterocycles. The van der Waals surface area contributed by atoms with Crippen molar-refractivity contribution in [1.82, 2.24) is 5.32 Å². The third-order valence-electron chi connectivity index (χ3n) is 3.80. The van der Waals surface area contributed by atoms with Crippen LogP contribution in [0.4, 0.5) is 4.39 Å². The fourth-order valence-electron chi connectivity index (χ4n) is 2.75. The van der Waals surface area contributed by atoms with Crippen LogP contribution in [0.5, 0.6) is 0 Å². The summed E-state index contributed by atoms with van der Waals surface area (Å²) in [5, 5.41) is 3.58. The van der Waals surface area contributed by atoms with Crippen molar-refractivity contribution >= 4 is 17.6 Å². The van der Waals surface area contributed by atoms with E-state index in [9.17, 15) is 9.18 Å². The minimum Gasteiger partial charge on any atom is -0.465 e. The molecule has 1 aromatic rings. The number of carbonyl (C=O) groups excluding carboxylic acids is 1. The van der Waals surface area contributed by atoms with Crippen molar-refractivity contribution < 1.29 is 13.9 Å². The summed E-state index contributed by atoms with van der Waals surface area (Å²) in [6.45, 7) is 2.07. The predicted molar refractivity (Wildman–Crippen MR) is 80.8 cm³/mol. The Morgan fingerprint density at radius 1 is 1.43 bits per heavy atom. The van der Waals surface area contributed by atoms with E-state index in [1.165, 1.54) is 18.6 Å². The minimum absolute atomic E-state index is 0.247. The van der Waals surface area contributed by atoms with E-state index in [0.717, 1.165) is 25.7 Å². The van der Waals surface area contributed by atoms with Crippen molar-refractivity contribution in [1.29, 1.82) is 0 Å². The number of halogens is 2. The first-order chi connectivity index (χ1) is 10.1. The van der Waals surface area contributed by atoms with Gasteiger partial charge in [0.2, 0.25) is 0 Å². The highest BCUT2D eigenvalue weighted by atomic mass is 35.5. The van der Waals surface area contributed by atoms with Crippen LogP contribution in [0.3, 0.4) is 0 Å². The molecule has 0 amide bonds. The second kappa shape index (κ2) is 7.76. The SMILES string of the molecule is CCOC(=O)C(NC1CCCCC1)c1ccc(F)cc1Cl. The first-order valence-electron chi connectivity index (χ1n) is 7.49. The quantitative estimate of drug-likeness (QED) is 0.835. The summed E-state index contributed by atoms with van der Waals surface area (Å²) in [6, 6.07) is 3.73. The summed E-state index contributed by atoms with van der Waals surface area (Å²) in [7, 11) is 0. The fraction of sp³-hybridized carbons (Fsp3) is 0.562. The lowest BCUT2D eigenvalue weighted by Crippen LogP contribution is -2.39. The Morgan fingerprint density at radius 2 is 2.14 bits per heavy atom. The van der Waals surface area contributed by atoms with E-state index in [1.807, 2.05) is 0 Å². The van der Waals surface area contributed by atoms with Gasteiger partial charge in [-0.3, -0.25) is 5.32 Å². The van der Waals surface area contributed by atoms with Crippen molar-refractivity contribution in [2.75, 3.05) is 6.61 Å². The van der Waals surface area contributed by atoms with Crippen molar-refractivity contribution in [2.24, 2.45) is 0 Å². The van der Waals surface area contributed by atoms with E-state index in [4.69, 9.17) is 16.3 Å². The molecule has 1 saturated carbocycles. The summed E-state index contributed by atoms with van der Waals surface area (Å²) in [4.78, 5) is 12.2. The molecule has 1 aliphatic rings. The molecule has 0 bridgehead atoms. The van der Waals surface area contributed by atoms with Crippen molar-refractivity contribution in [2.45, 2.75) is 51.1 Å². The predicted octanol–water partition coefficient (Wildman–Crippen LogP) is 4.01. The highest BCUT2D eigenvalue weighted by molar-refractivity contribution is 6.31. The van der Waals surface area contributed by atoms with Gasteiger partial charge < -0.3 is 4.74 Å². The van der Waals surface area contributed by atoms with Gasteiger partial charge in [-0.2, -0.15) is 0 Å². The number of carbonyl (C=O) groups is 1. The molecule has 0 heterocycles. The molecule has 0 spiro atoms. The molecule has 116 valence electrons. The Morgan fingerprint density at radius 3 is 2.76 bits per heavy atom. The standard InChI is InChI=1S/C16H21ClFNO2/c1-2-21-16(20)15(19-12-6-4-3-5-7-12)13-9-8-11(18)10-14(13)17/h8-10,12,15,19H,2-7H2,1H3. The lowest BCUT2D eigenvalue weighted by Gasteiger charge is -2.28. The van der Waals surface area contributed by atoms with Gasteiger partial charge in [-0.15, -0.1) is 0 Å². The zero-order valence-electron chi connectivity index (χ0n) is 12.2. The highest BCUT2D eigenvalue weighted by Crippen LogP contribution is 2.27.